The molecule has 1 aromatic heterocycles. The standard InChI is InChI=1S/C20H17ClN4O2S/c21-13-7-5-12(6-8-13)11-22-18(26)9-16-20(27)25-19(28-16)10-17-23-14-3-1-2-4-15(14)24-17/h1-8,16H,9-11H2,(H,22,26)(H,23,24)/t16-/m1/s1. The van der Waals surface area contributed by atoms with Crippen LogP contribution in [-0.2, 0) is 22.6 Å². The molecule has 142 valence electrons. The molecular weight excluding hydrogens is 396 g/mol. The van der Waals surface area contributed by atoms with Crippen molar-refractivity contribution in [1.82, 2.24) is 15.3 Å². The Kier molecular flexibility index (Phi) is 5.45. The van der Waals surface area contributed by atoms with E-state index in [2.05, 4.69) is 20.3 Å². The molecule has 0 saturated heterocycles. The minimum absolute atomic E-state index is 0.101. The number of carbonyl (C=O) groups is 2. The molecular formula is C20H17ClN4O2S. The van der Waals surface area contributed by atoms with Crippen molar-refractivity contribution >= 4 is 51.3 Å². The minimum atomic E-state index is -0.482. The van der Waals surface area contributed by atoms with Gasteiger partial charge in [-0.05, 0) is 29.8 Å². The van der Waals surface area contributed by atoms with E-state index in [1.54, 1.807) is 12.1 Å². The molecule has 0 fully saturated rings. The number of carbonyl (C=O) groups excluding carboxylic acids is 2. The molecule has 6 nitrogen and oxygen atoms in total. The molecule has 2 aromatic carbocycles. The minimum Gasteiger partial charge on any atom is -0.352 e. The topological polar surface area (TPSA) is 87.2 Å². The normalized spacial score (nSPS) is 16.4. The van der Waals surface area contributed by atoms with Gasteiger partial charge >= 0.3 is 0 Å². The Morgan fingerprint density at radius 2 is 1.96 bits per heavy atom. The number of nitrogens with zero attached hydrogens (tertiary/aromatic N) is 2. The largest absolute Gasteiger partial charge is 0.352 e. The number of aliphatic imine (C=N–C) groups is 1. The fraction of sp³-hybridized carbons (Fsp3) is 0.200. The first-order valence-corrected chi connectivity index (χ1v) is 10.1. The van der Waals surface area contributed by atoms with E-state index in [9.17, 15) is 9.59 Å². The van der Waals surface area contributed by atoms with Crippen molar-refractivity contribution in [3.63, 3.8) is 0 Å². The number of aromatic nitrogens is 2. The van der Waals surface area contributed by atoms with Gasteiger partial charge < -0.3 is 10.3 Å². The van der Waals surface area contributed by atoms with Crippen LogP contribution < -0.4 is 5.32 Å². The number of hydrogen-bond acceptors (Lipinski definition) is 4. The second-order valence-electron chi connectivity index (χ2n) is 6.44. The summed E-state index contributed by atoms with van der Waals surface area (Å²) in [7, 11) is 0. The maximum absolute atomic E-state index is 12.2. The van der Waals surface area contributed by atoms with Gasteiger partial charge in [-0.1, -0.05) is 47.6 Å². The summed E-state index contributed by atoms with van der Waals surface area (Å²) >= 11 is 7.19. The van der Waals surface area contributed by atoms with E-state index >= 15 is 0 Å². The van der Waals surface area contributed by atoms with E-state index in [0.717, 1.165) is 22.4 Å². The van der Waals surface area contributed by atoms with Gasteiger partial charge in [0.05, 0.1) is 22.5 Å². The Morgan fingerprint density at radius 1 is 1.18 bits per heavy atom. The van der Waals surface area contributed by atoms with Crippen LogP contribution in [0.5, 0.6) is 0 Å². The average Bonchev–Trinajstić information content (AvgIpc) is 3.24. The number of amides is 2. The van der Waals surface area contributed by atoms with Crippen LogP contribution in [0.2, 0.25) is 5.02 Å². The maximum atomic E-state index is 12.2. The lowest BCUT2D eigenvalue weighted by Crippen LogP contribution is -2.27. The Bertz CT molecular complexity index is 1030. The fourth-order valence-corrected chi connectivity index (χ4v) is 4.13. The monoisotopic (exact) mass is 412 g/mol. The number of aromatic amines is 1. The molecule has 1 aliphatic heterocycles. The fourth-order valence-electron chi connectivity index (χ4n) is 2.92. The Balaban J connectivity index is 1.30. The number of halogens is 1. The van der Waals surface area contributed by atoms with Gasteiger partial charge in [-0.3, -0.25) is 9.59 Å². The van der Waals surface area contributed by atoms with Crippen LogP contribution in [0.25, 0.3) is 11.0 Å². The number of rotatable bonds is 6. The molecule has 1 atom stereocenters. The quantitative estimate of drug-likeness (QED) is 0.648. The predicted molar refractivity (Wildman–Crippen MR) is 112 cm³/mol. The van der Waals surface area contributed by atoms with E-state index < -0.39 is 5.25 Å². The van der Waals surface area contributed by atoms with Crippen LogP contribution in [-0.4, -0.2) is 32.1 Å². The van der Waals surface area contributed by atoms with Gasteiger partial charge in [-0.15, -0.1) is 0 Å². The molecule has 1 aliphatic rings. The molecule has 0 spiro atoms. The average molecular weight is 413 g/mol. The first-order valence-electron chi connectivity index (χ1n) is 8.79. The van der Waals surface area contributed by atoms with Crippen molar-refractivity contribution in [2.45, 2.75) is 24.6 Å². The van der Waals surface area contributed by atoms with Crippen molar-refractivity contribution in [3.8, 4) is 0 Å². The molecule has 0 aliphatic carbocycles. The maximum Gasteiger partial charge on any atom is 0.260 e. The zero-order valence-electron chi connectivity index (χ0n) is 14.8. The van der Waals surface area contributed by atoms with Crippen molar-refractivity contribution < 1.29 is 9.59 Å². The molecule has 8 heteroatoms. The third kappa shape index (κ3) is 4.43. The number of H-pyrrole nitrogens is 1. The van der Waals surface area contributed by atoms with Gasteiger partial charge in [0.2, 0.25) is 5.91 Å². The lowest BCUT2D eigenvalue weighted by Gasteiger charge is -2.08. The van der Waals surface area contributed by atoms with Crippen LogP contribution in [0.15, 0.2) is 53.5 Å². The summed E-state index contributed by atoms with van der Waals surface area (Å²) in [6.45, 7) is 0.397. The first-order chi connectivity index (χ1) is 13.6. The Hall–Kier alpha value is -2.64. The molecule has 0 saturated carbocycles. The Morgan fingerprint density at radius 3 is 2.75 bits per heavy atom. The zero-order valence-corrected chi connectivity index (χ0v) is 16.4. The van der Waals surface area contributed by atoms with Crippen molar-refractivity contribution in [1.29, 1.82) is 0 Å². The predicted octanol–water partition coefficient (Wildman–Crippen LogP) is 3.51. The summed E-state index contributed by atoms with van der Waals surface area (Å²) in [5, 5.41) is 3.68. The van der Waals surface area contributed by atoms with Gasteiger partial charge in [0.1, 0.15) is 11.1 Å². The number of imidazole rings is 1. The second kappa shape index (κ2) is 8.16. The highest BCUT2D eigenvalue weighted by atomic mass is 35.5. The highest BCUT2D eigenvalue weighted by molar-refractivity contribution is 8.15. The Labute approximate surface area is 170 Å². The van der Waals surface area contributed by atoms with Crippen LogP contribution in [0.3, 0.4) is 0 Å². The molecule has 4 rings (SSSR count). The highest BCUT2D eigenvalue weighted by Crippen LogP contribution is 2.27. The van der Waals surface area contributed by atoms with Crippen LogP contribution in [0.1, 0.15) is 17.8 Å². The number of benzene rings is 2. The van der Waals surface area contributed by atoms with Crippen LogP contribution >= 0.6 is 23.4 Å². The summed E-state index contributed by atoms with van der Waals surface area (Å²) < 4.78 is 0. The first kappa shape index (κ1) is 18.7. The number of thioether (sulfide) groups is 1. The number of para-hydroxylation sites is 2. The van der Waals surface area contributed by atoms with E-state index in [-0.39, 0.29) is 18.2 Å². The molecule has 0 bridgehead atoms. The third-order valence-electron chi connectivity index (χ3n) is 4.32. The molecule has 3 aromatic rings. The van der Waals surface area contributed by atoms with Crippen molar-refractivity contribution in [2.24, 2.45) is 4.99 Å². The lowest BCUT2D eigenvalue weighted by atomic mass is 10.2. The molecule has 0 radical (unpaired) electrons. The van der Waals surface area contributed by atoms with Gasteiger partial charge in [-0.2, -0.15) is 0 Å². The van der Waals surface area contributed by atoms with Gasteiger partial charge in [0.25, 0.3) is 5.91 Å². The zero-order chi connectivity index (χ0) is 19.5. The van der Waals surface area contributed by atoms with Gasteiger partial charge in [0, 0.05) is 18.0 Å². The summed E-state index contributed by atoms with van der Waals surface area (Å²) in [5.74, 6) is 0.312. The second-order valence-corrected chi connectivity index (χ2v) is 8.15. The number of nitrogens with one attached hydrogen (secondary N) is 2. The van der Waals surface area contributed by atoms with Crippen LogP contribution in [0, 0.1) is 0 Å². The summed E-state index contributed by atoms with van der Waals surface area (Å²) in [4.78, 5) is 36.2. The molecule has 2 N–H and O–H groups in total. The molecule has 2 amide bonds. The summed E-state index contributed by atoms with van der Waals surface area (Å²) in [6, 6.07) is 15.0. The van der Waals surface area contributed by atoms with E-state index in [1.165, 1.54) is 11.8 Å². The summed E-state index contributed by atoms with van der Waals surface area (Å²) in [5.41, 5.74) is 2.78. The van der Waals surface area contributed by atoms with E-state index in [0.29, 0.717) is 23.0 Å². The van der Waals surface area contributed by atoms with Crippen LogP contribution in [0.4, 0.5) is 0 Å². The van der Waals surface area contributed by atoms with Crippen molar-refractivity contribution in [3.05, 3.63) is 64.9 Å². The number of fused-ring (bicyclic) bond motifs is 1. The van der Waals surface area contributed by atoms with Gasteiger partial charge in [-0.25, -0.2) is 9.98 Å². The SMILES string of the molecule is O=C(C[C@H]1SC(Cc2nc3ccccc3[nH]2)=NC1=O)NCc1ccc(Cl)cc1. The molecule has 28 heavy (non-hydrogen) atoms. The number of hydrogen-bond donors (Lipinski definition) is 2. The van der Waals surface area contributed by atoms with Gasteiger partial charge in [0.15, 0.2) is 0 Å². The summed E-state index contributed by atoms with van der Waals surface area (Å²) in [6.07, 6.45) is 0.554. The lowest BCUT2D eigenvalue weighted by molar-refractivity contribution is -0.124. The van der Waals surface area contributed by atoms with E-state index in [4.69, 9.17) is 11.6 Å². The third-order valence-corrected chi connectivity index (χ3v) is 5.73. The molecule has 0 unspecified atom stereocenters. The van der Waals surface area contributed by atoms with E-state index in [1.807, 2.05) is 36.4 Å². The molecule has 2 heterocycles. The van der Waals surface area contributed by atoms with Crippen molar-refractivity contribution in [2.75, 3.05) is 0 Å². The smallest absolute Gasteiger partial charge is 0.260 e. The highest BCUT2D eigenvalue weighted by Gasteiger charge is 2.30.